The maximum Gasteiger partial charge on any atom is 0.416 e. The molecule has 0 fully saturated rings. The Morgan fingerprint density at radius 2 is 1.60 bits per heavy atom. The van der Waals surface area contributed by atoms with Crippen molar-refractivity contribution in [2.45, 2.75) is 26.9 Å². The van der Waals surface area contributed by atoms with Crippen molar-refractivity contribution in [2.24, 2.45) is 0 Å². The molecule has 224 valence electrons. The highest BCUT2D eigenvalue weighted by Crippen LogP contribution is 2.36. The van der Waals surface area contributed by atoms with E-state index in [2.05, 4.69) is 23.6 Å². The van der Waals surface area contributed by atoms with Gasteiger partial charge in [0.2, 0.25) is 6.79 Å². The molecule has 0 radical (unpaired) electrons. The zero-order valence-corrected chi connectivity index (χ0v) is 24.4. The Morgan fingerprint density at radius 1 is 0.884 bits per heavy atom. The Morgan fingerprint density at radius 3 is 2.35 bits per heavy atom. The van der Waals surface area contributed by atoms with Crippen LogP contribution in [0.3, 0.4) is 0 Å². The minimum Gasteiger partial charge on any atom is -0.497 e. The Hall–Kier alpha value is -5.12. The number of benzene rings is 3. The smallest absolute Gasteiger partial charge is 0.416 e. The molecule has 10 heteroatoms. The third-order valence-corrected chi connectivity index (χ3v) is 6.90. The van der Waals surface area contributed by atoms with Gasteiger partial charge in [0, 0.05) is 23.5 Å². The van der Waals surface area contributed by atoms with Gasteiger partial charge in [0.15, 0.2) is 11.5 Å². The molecular formula is C33H34N2O8. The highest BCUT2D eigenvalue weighted by atomic mass is 16.7. The van der Waals surface area contributed by atoms with Crippen LogP contribution in [0.5, 0.6) is 28.7 Å². The van der Waals surface area contributed by atoms with Gasteiger partial charge in [-0.25, -0.2) is 4.79 Å². The minimum absolute atomic E-state index is 0.148. The summed E-state index contributed by atoms with van der Waals surface area (Å²) in [6.45, 7) is 5.23. The summed E-state index contributed by atoms with van der Waals surface area (Å²) in [5, 5.41) is 0. The number of esters is 1. The summed E-state index contributed by atoms with van der Waals surface area (Å²) in [6.07, 6.45) is -0.668. The van der Waals surface area contributed by atoms with E-state index in [0.29, 0.717) is 30.4 Å². The minimum atomic E-state index is -0.668. The third-order valence-electron chi connectivity index (χ3n) is 6.90. The van der Waals surface area contributed by atoms with Crippen molar-refractivity contribution >= 4 is 12.1 Å². The fourth-order valence-corrected chi connectivity index (χ4v) is 4.70. The van der Waals surface area contributed by atoms with Crippen molar-refractivity contribution in [3.05, 3.63) is 90.1 Å². The molecule has 43 heavy (non-hydrogen) atoms. The van der Waals surface area contributed by atoms with E-state index >= 15 is 0 Å². The predicted molar refractivity (Wildman–Crippen MR) is 159 cm³/mol. The molecule has 0 saturated carbocycles. The summed E-state index contributed by atoms with van der Waals surface area (Å²) in [6, 6.07) is 24.1. The second-order valence-corrected chi connectivity index (χ2v) is 9.78. The fourth-order valence-electron chi connectivity index (χ4n) is 4.70. The first-order chi connectivity index (χ1) is 20.9. The number of fused-ring (bicyclic) bond motifs is 1. The molecule has 0 bridgehead atoms. The Balaban J connectivity index is 1.19. The van der Waals surface area contributed by atoms with Crippen LogP contribution >= 0.6 is 0 Å². The molecule has 1 aliphatic rings. The van der Waals surface area contributed by atoms with Gasteiger partial charge in [-0.2, -0.15) is 0 Å². The van der Waals surface area contributed by atoms with Gasteiger partial charge in [0.05, 0.1) is 20.3 Å². The normalized spacial score (nSPS) is 11.6. The molecule has 10 nitrogen and oxygen atoms in total. The summed E-state index contributed by atoms with van der Waals surface area (Å²) in [7, 11) is 1.56. The number of aromatic nitrogens is 1. The maximum absolute atomic E-state index is 13.0. The number of nitrogens with zero attached hydrogens (tertiary/aromatic N) is 2. The zero-order valence-electron chi connectivity index (χ0n) is 24.4. The van der Waals surface area contributed by atoms with Crippen molar-refractivity contribution in [3.8, 4) is 40.0 Å². The van der Waals surface area contributed by atoms with Gasteiger partial charge in [-0.15, -0.1) is 0 Å². The molecule has 5 rings (SSSR count). The van der Waals surface area contributed by atoms with Crippen LogP contribution < -0.4 is 23.7 Å². The van der Waals surface area contributed by atoms with Crippen LogP contribution in [0.4, 0.5) is 4.79 Å². The lowest BCUT2D eigenvalue weighted by molar-refractivity contribution is -0.144. The average Bonchev–Trinajstić information content (AvgIpc) is 3.64. The molecule has 1 aliphatic heterocycles. The quantitative estimate of drug-likeness (QED) is 0.191. The molecule has 0 spiro atoms. The van der Waals surface area contributed by atoms with E-state index in [-0.39, 0.29) is 26.5 Å². The van der Waals surface area contributed by atoms with Gasteiger partial charge in [0.25, 0.3) is 0 Å². The lowest BCUT2D eigenvalue weighted by Gasteiger charge is -2.21. The standard InChI is InChI=1S/C33H34N2O8/c1-4-39-32(36)21-34(33(37)43-28-13-11-26(38-3)12-14-28)20-24-6-9-27(10-7-24)40-18-17-35-23(2)5-15-29(35)25-8-16-30-31(19-25)42-22-41-30/h5-16,19H,4,17-18,20-22H2,1-3H3. The SMILES string of the molecule is CCOC(=O)CN(Cc1ccc(OCCn2c(C)ccc2-c2ccc3c(c2)OCO3)cc1)C(=O)Oc1ccc(OC)cc1. The highest BCUT2D eigenvalue weighted by molar-refractivity contribution is 5.79. The van der Waals surface area contributed by atoms with Crippen LogP contribution in [0.2, 0.25) is 0 Å². The van der Waals surface area contributed by atoms with Crippen LogP contribution in [0.1, 0.15) is 18.2 Å². The highest BCUT2D eigenvalue weighted by Gasteiger charge is 2.21. The van der Waals surface area contributed by atoms with Gasteiger partial charge in [0.1, 0.15) is 30.4 Å². The average molecular weight is 587 g/mol. The monoisotopic (exact) mass is 586 g/mol. The summed E-state index contributed by atoms with van der Waals surface area (Å²) in [5.41, 5.74) is 4.03. The van der Waals surface area contributed by atoms with E-state index < -0.39 is 12.1 Å². The fraction of sp³-hybridized carbons (Fsp3) is 0.273. The second kappa shape index (κ2) is 13.7. The van der Waals surface area contributed by atoms with Gasteiger partial charge >= 0.3 is 12.1 Å². The number of rotatable bonds is 12. The maximum atomic E-state index is 13.0. The first kappa shape index (κ1) is 29.4. The van der Waals surface area contributed by atoms with Crippen LogP contribution in [-0.2, 0) is 22.6 Å². The van der Waals surface area contributed by atoms with Gasteiger partial charge in [-0.05, 0) is 86.1 Å². The number of aryl methyl sites for hydroxylation is 1. The molecule has 1 aromatic heterocycles. The summed E-state index contributed by atoms with van der Waals surface area (Å²) >= 11 is 0. The second-order valence-electron chi connectivity index (χ2n) is 9.78. The summed E-state index contributed by atoms with van der Waals surface area (Å²) in [5.74, 6) is 2.64. The van der Waals surface area contributed by atoms with Crippen molar-refractivity contribution in [1.82, 2.24) is 9.47 Å². The van der Waals surface area contributed by atoms with E-state index in [1.165, 1.54) is 4.90 Å². The van der Waals surface area contributed by atoms with Gasteiger partial charge in [-0.3, -0.25) is 9.69 Å². The number of amides is 1. The molecule has 0 unspecified atom stereocenters. The van der Waals surface area contributed by atoms with Crippen molar-refractivity contribution in [3.63, 3.8) is 0 Å². The topological polar surface area (TPSA) is 97.7 Å². The number of carbonyl (C=O) groups is 2. The van der Waals surface area contributed by atoms with Gasteiger partial charge in [-0.1, -0.05) is 12.1 Å². The Bertz CT molecular complexity index is 1550. The number of methoxy groups -OCH3 is 1. The number of hydrogen-bond donors (Lipinski definition) is 0. The molecular weight excluding hydrogens is 552 g/mol. The van der Waals surface area contributed by atoms with Crippen LogP contribution in [0.15, 0.2) is 78.9 Å². The molecule has 2 heterocycles. The summed E-state index contributed by atoms with van der Waals surface area (Å²) in [4.78, 5) is 26.5. The Kier molecular flexibility index (Phi) is 9.36. The first-order valence-corrected chi connectivity index (χ1v) is 14.0. The third kappa shape index (κ3) is 7.40. The summed E-state index contributed by atoms with van der Waals surface area (Å²) < 4.78 is 34.9. The van der Waals surface area contributed by atoms with E-state index in [0.717, 1.165) is 34.0 Å². The van der Waals surface area contributed by atoms with Crippen molar-refractivity contribution < 1.29 is 38.0 Å². The largest absolute Gasteiger partial charge is 0.497 e. The molecule has 0 atom stereocenters. The van der Waals surface area contributed by atoms with E-state index in [9.17, 15) is 9.59 Å². The lowest BCUT2D eigenvalue weighted by atomic mass is 10.1. The van der Waals surface area contributed by atoms with E-state index in [1.54, 1.807) is 38.3 Å². The van der Waals surface area contributed by atoms with Crippen LogP contribution in [0.25, 0.3) is 11.3 Å². The van der Waals surface area contributed by atoms with Crippen LogP contribution in [0, 0.1) is 6.92 Å². The number of hydrogen-bond acceptors (Lipinski definition) is 8. The van der Waals surface area contributed by atoms with Gasteiger partial charge < -0.3 is 33.0 Å². The lowest BCUT2D eigenvalue weighted by Crippen LogP contribution is -2.38. The first-order valence-electron chi connectivity index (χ1n) is 14.0. The van der Waals surface area contributed by atoms with E-state index in [1.807, 2.05) is 42.5 Å². The van der Waals surface area contributed by atoms with E-state index in [4.69, 9.17) is 28.4 Å². The number of carbonyl (C=O) groups excluding carboxylic acids is 2. The Labute approximate surface area is 250 Å². The van der Waals surface area contributed by atoms with Crippen LogP contribution in [-0.4, -0.2) is 55.2 Å². The molecule has 0 N–H and O–H groups in total. The molecule has 4 aromatic rings. The molecule has 1 amide bonds. The van der Waals surface area contributed by atoms with Crippen molar-refractivity contribution in [1.29, 1.82) is 0 Å². The zero-order chi connectivity index (χ0) is 30.2. The molecule has 0 aliphatic carbocycles. The predicted octanol–water partition coefficient (Wildman–Crippen LogP) is 5.84. The number of ether oxygens (including phenoxy) is 6. The van der Waals surface area contributed by atoms with Crippen molar-refractivity contribution in [2.75, 3.05) is 33.7 Å². The molecule has 3 aromatic carbocycles. The molecule has 0 saturated heterocycles.